The van der Waals surface area contributed by atoms with E-state index in [1.807, 2.05) is 0 Å². The number of phenols is 1. The van der Waals surface area contributed by atoms with Gasteiger partial charge in [0, 0.05) is 29.6 Å². The Hall–Kier alpha value is -1.94. The number of halogens is 1. The number of nitrogens with zero attached hydrogens (tertiary/aromatic N) is 1. The molecule has 0 amide bonds. The van der Waals surface area contributed by atoms with Crippen LogP contribution in [-0.4, -0.2) is 21.8 Å². The first-order valence-corrected chi connectivity index (χ1v) is 10.5. The second-order valence-corrected chi connectivity index (χ2v) is 8.12. The quantitative estimate of drug-likeness (QED) is 0.511. The number of unbranched alkanes of at least 4 members (excludes halogenated alkanes) is 2. The average molecular weight is 388 g/mol. The molecular formula is C24H34FNO2. The average Bonchev–Trinajstić information content (AvgIpc) is 2.62. The van der Waals surface area contributed by atoms with Crippen LogP contribution in [0.4, 0.5) is 4.39 Å². The zero-order valence-corrected chi connectivity index (χ0v) is 17.8. The zero-order chi connectivity index (χ0) is 20.8. The minimum absolute atomic E-state index is 0.00574. The van der Waals surface area contributed by atoms with E-state index in [0.29, 0.717) is 12.0 Å². The fourth-order valence-electron chi connectivity index (χ4n) is 3.87. The van der Waals surface area contributed by atoms with Crippen LogP contribution in [0.1, 0.15) is 88.2 Å². The van der Waals surface area contributed by atoms with Gasteiger partial charge in [-0.25, -0.2) is 4.39 Å². The van der Waals surface area contributed by atoms with E-state index in [4.69, 9.17) is 4.98 Å². The predicted octanol–water partition coefficient (Wildman–Crippen LogP) is 6.11. The SMILES string of the molecule is CCCCCc1c(C(C)C)nc(C(C)C)c(CCO)c1-c1ccc(F)cc1O. The second-order valence-electron chi connectivity index (χ2n) is 8.12. The Morgan fingerprint density at radius 2 is 1.57 bits per heavy atom. The Labute approximate surface area is 168 Å². The summed E-state index contributed by atoms with van der Waals surface area (Å²) < 4.78 is 13.7. The topological polar surface area (TPSA) is 53.4 Å². The summed E-state index contributed by atoms with van der Waals surface area (Å²) in [5, 5.41) is 20.3. The summed E-state index contributed by atoms with van der Waals surface area (Å²) in [6, 6.07) is 4.20. The van der Waals surface area contributed by atoms with E-state index in [9.17, 15) is 14.6 Å². The first kappa shape index (κ1) is 22.4. The molecule has 0 aliphatic rings. The molecule has 0 fully saturated rings. The summed E-state index contributed by atoms with van der Waals surface area (Å²) in [5.41, 5.74) is 5.65. The van der Waals surface area contributed by atoms with Crippen molar-refractivity contribution in [3.05, 3.63) is 46.5 Å². The lowest BCUT2D eigenvalue weighted by molar-refractivity contribution is 0.299. The molecule has 0 unspecified atom stereocenters. The number of aliphatic hydroxyl groups is 1. The minimum Gasteiger partial charge on any atom is -0.507 e. The Morgan fingerprint density at radius 3 is 2.07 bits per heavy atom. The number of pyridine rings is 1. The summed E-state index contributed by atoms with van der Waals surface area (Å²) in [7, 11) is 0. The van der Waals surface area contributed by atoms with Crippen molar-refractivity contribution >= 4 is 0 Å². The largest absolute Gasteiger partial charge is 0.507 e. The van der Waals surface area contributed by atoms with Crippen LogP contribution in [0.15, 0.2) is 18.2 Å². The van der Waals surface area contributed by atoms with E-state index >= 15 is 0 Å². The third-order valence-corrected chi connectivity index (χ3v) is 5.18. The highest BCUT2D eigenvalue weighted by atomic mass is 19.1. The van der Waals surface area contributed by atoms with E-state index in [1.54, 1.807) is 6.07 Å². The maximum atomic E-state index is 13.7. The number of aliphatic hydroxyl groups excluding tert-OH is 1. The molecule has 2 N–H and O–H groups in total. The van der Waals surface area contributed by atoms with Gasteiger partial charge in [-0.05, 0) is 59.9 Å². The molecule has 154 valence electrons. The van der Waals surface area contributed by atoms with Crippen molar-refractivity contribution in [3.8, 4) is 16.9 Å². The van der Waals surface area contributed by atoms with Gasteiger partial charge in [-0.1, -0.05) is 47.5 Å². The van der Waals surface area contributed by atoms with Crippen molar-refractivity contribution in [2.45, 2.75) is 78.6 Å². The third kappa shape index (κ3) is 4.91. The molecular weight excluding hydrogens is 353 g/mol. The normalized spacial score (nSPS) is 11.6. The van der Waals surface area contributed by atoms with Crippen molar-refractivity contribution in [1.82, 2.24) is 4.98 Å². The molecule has 2 rings (SSSR count). The molecule has 1 aromatic heterocycles. The van der Waals surface area contributed by atoms with Crippen molar-refractivity contribution in [2.24, 2.45) is 0 Å². The summed E-state index contributed by atoms with van der Waals surface area (Å²) in [6.07, 6.45) is 4.60. The lowest BCUT2D eigenvalue weighted by Gasteiger charge is -2.25. The molecule has 0 spiro atoms. The van der Waals surface area contributed by atoms with Gasteiger partial charge in [0.25, 0.3) is 0 Å². The highest BCUT2D eigenvalue weighted by Crippen LogP contribution is 2.41. The van der Waals surface area contributed by atoms with Crippen LogP contribution in [0.3, 0.4) is 0 Å². The van der Waals surface area contributed by atoms with Gasteiger partial charge in [0.2, 0.25) is 0 Å². The standard InChI is InChI=1S/C24H34FNO2/c1-6-7-8-9-19-22(18-11-10-17(25)14-21(18)28)20(12-13-27)24(16(4)5)26-23(19)15(2)3/h10-11,14-16,27-28H,6-9,12-13H2,1-5H3. The number of benzene rings is 1. The molecule has 4 heteroatoms. The third-order valence-electron chi connectivity index (χ3n) is 5.18. The van der Waals surface area contributed by atoms with Crippen molar-refractivity contribution in [1.29, 1.82) is 0 Å². The van der Waals surface area contributed by atoms with Gasteiger partial charge in [0.05, 0.1) is 0 Å². The Kier molecular flexibility index (Phi) is 7.99. The van der Waals surface area contributed by atoms with E-state index in [0.717, 1.165) is 53.8 Å². The molecule has 0 atom stereocenters. The fraction of sp³-hybridized carbons (Fsp3) is 0.542. The van der Waals surface area contributed by atoms with Gasteiger partial charge in [0.15, 0.2) is 0 Å². The molecule has 2 aromatic rings. The summed E-state index contributed by atoms with van der Waals surface area (Å²) in [5.74, 6) is -0.102. The second kappa shape index (κ2) is 10.0. The number of hydrogen-bond donors (Lipinski definition) is 2. The smallest absolute Gasteiger partial charge is 0.126 e. The number of aromatic hydroxyl groups is 1. The molecule has 0 bridgehead atoms. The van der Waals surface area contributed by atoms with Crippen LogP contribution in [0.25, 0.3) is 11.1 Å². The Bertz CT molecular complexity index is 800. The monoisotopic (exact) mass is 387 g/mol. The van der Waals surface area contributed by atoms with Crippen LogP contribution >= 0.6 is 0 Å². The number of hydrogen-bond acceptors (Lipinski definition) is 3. The van der Waals surface area contributed by atoms with Crippen LogP contribution in [0.2, 0.25) is 0 Å². The molecule has 0 saturated heterocycles. The highest BCUT2D eigenvalue weighted by Gasteiger charge is 2.24. The van der Waals surface area contributed by atoms with Crippen molar-refractivity contribution in [3.63, 3.8) is 0 Å². The molecule has 0 aliphatic carbocycles. The number of phenolic OH excluding ortho intramolecular Hbond substituents is 1. The van der Waals surface area contributed by atoms with Crippen LogP contribution in [-0.2, 0) is 12.8 Å². The molecule has 0 saturated carbocycles. The fourth-order valence-corrected chi connectivity index (χ4v) is 3.87. The predicted molar refractivity (Wildman–Crippen MR) is 113 cm³/mol. The molecule has 1 aromatic carbocycles. The van der Waals surface area contributed by atoms with Crippen molar-refractivity contribution in [2.75, 3.05) is 6.61 Å². The van der Waals surface area contributed by atoms with Gasteiger partial charge in [0.1, 0.15) is 11.6 Å². The lowest BCUT2D eigenvalue weighted by atomic mass is 9.84. The first-order valence-electron chi connectivity index (χ1n) is 10.5. The Morgan fingerprint density at radius 1 is 0.964 bits per heavy atom. The van der Waals surface area contributed by atoms with Gasteiger partial charge >= 0.3 is 0 Å². The van der Waals surface area contributed by atoms with Crippen LogP contribution < -0.4 is 0 Å². The maximum Gasteiger partial charge on any atom is 0.126 e. The minimum atomic E-state index is -0.459. The van der Waals surface area contributed by atoms with E-state index in [2.05, 4.69) is 34.6 Å². The first-order chi connectivity index (χ1) is 13.3. The number of rotatable bonds is 9. The van der Waals surface area contributed by atoms with Crippen molar-refractivity contribution < 1.29 is 14.6 Å². The zero-order valence-electron chi connectivity index (χ0n) is 17.8. The van der Waals surface area contributed by atoms with Gasteiger partial charge < -0.3 is 10.2 Å². The van der Waals surface area contributed by atoms with Crippen LogP contribution in [0.5, 0.6) is 5.75 Å². The summed E-state index contributed by atoms with van der Waals surface area (Å²) >= 11 is 0. The molecule has 1 heterocycles. The molecule has 0 radical (unpaired) electrons. The lowest BCUT2D eigenvalue weighted by Crippen LogP contribution is -2.13. The molecule has 3 nitrogen and oxygen atoms in total. The van der Waals surface area contributed by atoms with Gasteiger partial charge in [-0.15, -0.1) is 0 Å². The van der Waals surface area contributed by atoms with E-state index < -0.39 is 5.82 Å². The van der Waals surface area contributed by atoms with E-state index in [-0.39, 0.29) is 24.2 Å². The molecule has 28 heavy (non-hydrogen) atoms. The Balaban J connectivity index is 2.87. The number of aromatic nitrogens is 1. The summed E-state index contributed by atoms with van der Waals surface area (Å²) in [6.45, 7) is 10.6. The van der Waals surface area contributed by atoms with Crippen LogP contribution in [0, 0.1) is 5.82 Å². The van der Waals surface area contributed by atoms with Gasteiger partial charge in [-0.3, -0.25) is 4.98 Å². The maximum absolute atomic E-state index is 13.7. The van der Waals surface area contributed by atoms with E-state index in [1.165, 1.54) is 12.1 Å². The highest BCUT2D eigenvalue weighted by molar-refractivity contribution is 5.78. The summed E-state index contributed by atoms with van der Waals surface area (Å²) in [4.78, 5) is 5.04. The van der Waals surface area contributed by atoms with Gasteiger partial charge in [-0.2, -0.15) is 0 Å². The molecule has 0 aliphatic heterocycles.